The summed E-state index contributed by atoms with van der Waals surface area (Å²) >= 11 is 0. The third-order valence-corrected chi connectivity index (χ3v) is 2.28. The molecule has 0 aromatic heterocycles. The minimum atomic E-state index is -0.487. The first kappa shape index (κ1) is 14.1. The van der Waals surface area contributed by atoms with Gasteiger partial charge in [0.25, 0.3) is 0 Å². The number of aliphatic hydroxyl groups excluding tert-OH is 1. The van der Waals surface area contributed by atoms with Crippen molar-refractivity contribution in [2.45, 2.75) is 32.9 Å². The van der Waals surface area contributed by atoms with E-state index >= 15 is 0 Å². The molecule has 0 saturated heterocycles. The van der Waals surface area contributed by atoms with Gasteiger partial charge in [-0.3, -0.25) is 9.69 Å². The van der Waals surface area contributed by atoms with Crippen LogP contribution in [0.1, 0.15) is 20.8 Å². The minimum Gasteiger partial charge on any atom is -0.465 e. The maximum absolute atomic E-state index is 11.3. The van der Waals surface area contributed by atoms with Gasteiger partial charge >= 0.3 is 5.97 Å². The molecule has 0 aliphatic carbocycles. The van der Waals surface area contributed by atoms with Crippen LogP contribution >= 0.6 is 0 Å². The summed E-state index contributed by atoms with van der Waals surface area (Å²) in [4.78, 5) is 13.1. The van der Waals surface area contributed by atoms with E-state index in [1.165, 1.54) is 0 Å². The van der Waals surface area contributed by atoms with E-state index in [1.807, 2.05) is 11.8 Å². The number of nitrogens with zero attached hydrogens (tertiary/aromatic N) is 1. The van der Waals surface area contributed by atoms with Gasteiger partial charge in [-0.15, -0.1) is 6.58 Å². The van der Waals surface area contributed by atoms with Crippen LogP contribution in [0.3, 0.4) is 0 Å². The van der Waals surface area contributed by atoms with Crippen molar-refractivity contribution in [2.24, 2.45) is 0 Å². The first-order chi connectivity index (χ1) is 7.02. The average molecular weight is 215 g/mol. The topological polar surface area (TPSA) is 49.8 Å². The second-order valence-corrected chi connectivity index (χ2v) is 3.50. The van der Waals surface area contributed by atoms with Crippen molar-refractivity contribution in [3.63, 3.8) is 0 Å². The van der Waals surface area contributed by atoms with Crippen LogP contribution < -0.4 is 0 Å². The lowest BCUT2D eigenvalue weighted by molar-refractivity contribution is -0.145. The molecule has 0 radical (unpaired) electrons. The molecule has 0 aromatic carbocycles. The van der Waals surface area contributed by atoms with Gasteiger partial charge in [0.1, 0.15) is 0 Å². The summed E-state index contributed by atoms with van der Waals surface area (Å²) in [6.45, 7) is 10.1. The van der Waals surface area contributed by atoms with Crippen molar-refractivity contribution in [3.8, 4) is 0 Å². The zero-order chi connectivity index (χ0) is 11.8. The zero-order valence-corrected chi connectivity index (χ0v) is 9.77. The summed E-state index contributed by atoms with van der Waals surface area (Å²) < 4.78 is 4.85. The van der Waals surface area contributed by atoms with Crippen molar-refractivity contribution >= 4 is 5.97 Å². The van der Waals surface area contributed by atoms with E-state index in [-0.39, 0.29) is 18.6 Å². The Labute approximate surface area is 91.5 Å². The number of carbonyl (C=O) groups excluding carboxylic acids is 1. The molecule has 2 atom stereocenters. The number of hydrogen-bond acceptors (Lipinski definition) is 4. The number of ether oxygens (including phenoxy) is 1. The maximum Gasteiger partial charge on any atom is 0.320 e. The predicted octanol–water partition coefficient (Wildman–Crippen LogP) is 0.807. The number of carbonyl (C=O) groups is 1. The summed E-state index contributed by atoms with van der Waals surface area (Å²) in [5.74, 6) is -0.271. The van der Waals surface area contributed by atoms with Gasteiger partial charge in [-0.25, -0.2) is 0 Å². The molecule has 0 fully saturated rings. The van der Waals surface area contributed by atoms with Crippen molar-refractivity contribution in [3.05, 3.63) is 12.7 Å². The Balaban J connectivity index is 4.25. The molecule has 0 spiro atoms. The first-order valence-electron chi connectivity index (χ1n) is 5.21. The van der Waals surface area contributed by atoms with Gasteiger partial charge in [-0.2, -0.15) is 0 Å². The highest BCUT2D eigenvalue weighted by Gasteiger charge is 2.20. The highest BCUT2D eigenvalue weighted by atomic mass is 16.5. The molecule has 4 nitrogen and oxygen atoms in total. The minimum absolute atomic E-state index is 0.0904. The van der Waals surface area contributed by atoms with E-state index < -0.39 is 6.10 Å². The van der Waals surface area contributed by atoms with Crippen LogP contribution in [0.5, 0.6) is 0 Å². The van der Waals surface area contributed by atoms with Crippen LogP contribution in [0, 0.1) is 0 Å². The standard InChI is InChI=1S/C11H21NO3/c1-5-7-12(9(3)10(4)13)8-11(14)15-6-2/h5,9-10,13H,1,6-8H2,2-4H3. The third kappa shape index (κ3) is 5.54. The SMILES string of the molecule is C=CCN(CC(=O)OCC)C(C)C(C)O. The Hall–Kier alpha value is -0.870. The van der Waals surface area contributed by atoms with Gasteiger partial charge in [-0.1, -0.05) is 6.08 Å². The van der Waals surface area contributed by atoms with Crippen LogP contribution in [0.4, 0.5) is 0 Å². The summed E-state index contributed by atoms with van der Waals surface area (Å²) in [5, 5.41) is 9.43. The highest BCUT2D eigenvalue weighted by Crippen LogP contribution is 2.04. The molecule has 88 valence electrons. The van der Waals surface area contributed by atoms with E-state index in [2.05, 4.69) is 6.58 Å². The molecule has 0 rings (SSSR count). The Kier molecular flexibility index (Phi) is 6.99. The molecule has 0 bridgehead atoms. The van der Waals surface area contributed by atoms with Crippen LogP contribution in [-0.2, 0) is 9.53 Å². The highest BCUT2D eigenvalue weighted by molar-refractivity contribution is 5.71. The molecular formula is C11H21NO3. The second kappa shape index (κ2) is 7.43. The van der Waals surface area contributed by atoms with Crippen LogP contribution in [0.2, 0.25) is 0 Å². The van der Waals surface area contributed by atoms with E-state index in [0.29, 0.717) is 13.2 Å². The lowest BCUT2D eigenvalue weighted by atomic mass is 10.2. The molecule has 15 heavy (non-hydrogen) atoms. The quantitative estimate of drug-likeness (QED) is 0.504. The van der Waals surface area contributed by atoms with E-state index in [4.69, 9.17) is 4.74 Å². The summed E-state index contributed by atoms with van der Waals surface area (Å²) in [5.41, 5.74) is 0. The number of hydrogen-bond donors (Lipinski definition) is 1. The molecule has 4 heteroatoms. The smallest absolute Gasteiger partial charge is 0.320 e. The number of aliphatic hydroxyl groups is 1. The molecule has 0 saturated carbocycles. The molecule has 2 unspecified atom stereocenters. The first-order valence-corrected chi connectivity index (χ1v) is 5.21. The normalized spacial score (nSPS) is 14.7. The molecule has 0 amide bonds. The van der Waals surface area contributed by atoms with Gasteiger partial charge < -0.3 is 9.84 Å². The fraction of sp³-hybridized carbons (Fsp3) is 0.727. The molecule has 1 N–H and O–H groups in total. The lowest BCUT2D eigenvalue weighted by Gasteiger charge is -2.28. The molecule has 0 aromatic rings. The fourth-order valence-electron chi connectivity index (χ4n) is 1.22. The Morgan fingerprint density at radius 3 is 2.60 bits per heavy atom. The average Bonchev–Trinajstić information content (AvgIpc) is 2.16. The van der Waals surface area contributed by atoms with Gasteiger partial charge in [0.2, 0.25) is 0 Å². The molecule has 0 heterocycles. The maximum atomic E-state index is 11.3. The Morgan fingerprint density at radius 1 is 1.60 bits per heavy atom. The summed E-state index contributed by atoms with van der Waals surface area (Å²) in [6, 6.07) is -0.0904. The summed E-state index contributed by atoms with van der Waals surface area (Å²) in [6.07, 6.45) is 1.22. The van der Waals surface area contributed by atoms with E-state index in [1.54, 1.807) is 19.9 Å². The van der Waals surface area contributed by atoms with Gasteiger partial charge in [0, 0.05) is 12.6 Å². The predicted molar refractivity (Wildman–Crippen MR) is 59.5 cm³/mol. The molecule has 0 aliphatic rings. The van der Waals surface area contributed by atoms with Crippen molar-refractivity contribution in [1.82, 2.24) is 4.90 Å². The van der Waals surface area contributed by atoms with Crippen LogP contribution in [-0.4, -0.2) is 47.8 Å². The van der Waals surface area contributed by atoms with Crippen LogP contribution in [0.15, 0.2) is 12.7 Å². The number of esters is 1. The Morgan fingerprint density at radius 2 is 2.20 bits per heavy atom. The third-order valence-electron chi connectivity index (χ3n) is 2.28. The second-order valence-electron chi connectivity index (χ2n) is 3.50. The van der Waals surface area contributed by atoms with Gasteiger partial charge in [0.15, 0.2) is 0 Å². The molecule has 0 aliphatic heterocycles. The molecular weight excluding hydrogens is 194 g/mol. The van der Waals surface area contributed by atoms with E-state index in [9.17, 15) is 9.90 Å². The van der Waals surface area contributed by atoms with Crippen molar-refractivity contribution < 1.29 is 14.6 Å². The monoisotopic (exact) mass is 215 g/mol. The fourth-order valence-corrected chi connectivity index (χ4v) is 1.22. The van der Waals surface area contributed by atoms with E-state index in [0.717, 1.165) is 0 Å². The van der Waals surface area contributed by atoms with Gasteiger partial charge in [0.05, 0.1) is 19.3 Å². The van der Waals surface area contributed by atoms with Crippen molar-refractivity contribution in [1.29, 1.82) is 0 Å². The lowest BCUT2D eigenvalue weighted by Crippen LogP contribution is -2.43. The Bertz CT molecular complexity index is 204. The summed E-state index contributed by atoms with van der Waals surface area (Å²) in [7, 11) is 0. The van der Waals surface area contributed by atoms with Crippen molar-refractivity contribution in [2.75, 3.05) is 19.7 Å². The number of rotatable bonds is 7. The zero-order valence-electron chi connectivity index (χ0n) is 9.77. The van der Waals surface area contributed by atoms with Gasteiger partial charge in [-0.05, 0) is 20.8 Å². The van der Waals surface area contributed by atoms with Crippen LogP contribution in [0.25, 0.3) is 0 Å². The largest absolute Gasteiger partial charge is 0.465 e.